The van der Waals surface area contributed by atoms with E-state index in [1.165, 1.54) is 18.2 Å². The van der Waals surface area contributed by atoms with Gasteiger partial charge in [0.15, 0.2) is 0 Å². The molecule has 1 saturated heterocycles. The van der Waals surface area contributed by atoms with Crippen molar-refractivity contribution in [2.75, 3.05) is 18.5 Å². The summed E-state index contributed by atoms with van der Waals surface area (Å²) in [6, 6.07) is 4.20. The molecule has 1 aromatic rings. The number of benzene rings is 1. The lowest BCUT2D eigenvalue weighted by atomic mass is 10.1. The van der Waals surface area contributed by atoms with Crippen molar-refractivity contribution in [2.45, 2.75) is 51.7 Å². The molecule has 2 rings (SSSR count). The van der Waals surface area contributed by atoms with Gasteiger partial charge in [0.25, 0.3) is 5.69 Å². The van der Waals surface area contributed by atoms with Crippen molar-refractivity contribution >= 4 is 17.3 Å². The van der Waals surface area contributed by atoms with Crippen LogP contribution in [0, 0.1) is 10.1 Å². The first kappa shape index (κ1) is 18.2. The van der Waals surface area contributed by atoms with Gasteiger partial charge in [0.2, 0.25) is 0 Å². The summed E-state index contributed by atoms with van der Waals surface area (Å²) >= 11 is 0. The Morgan fingerprint density at radius 1 is 1.42 bits per heavy atom. The number of nitro benzene ring substituents is 1. The van der Waals surface area contributed by atoms with E-state index < -0.39 is 16.5 Å². The second kappa shape index (κ2) is 7.61. The van der Waals surface area contributed by atoms with Crippen molar-refractivity contribution in [1.82, 2.24) is 0 Å². The van der Waals surface area contributed by atoms with Crippen LogP contribution in [-0.4, -0.2) is 35.7 Å². The Labute approximate surface area is 141 Å². The molecule has 0 radical (unpaired) electrons. The summed E-state index contributed by atoms with van der Waals surface area (Å²) in [7, 11) is 0. The minimum Gasteiger partial charge on any atom is -0.456 e. The number of esters is 1. The first-order valence-corrected chi connectivity index (χ1v) is 8.13. The molecule has 0 aromatic heterocycles. The van der Waals surface area contributed by atoms with Gasteiger partial charge in [-0.1, -0.05) is 0 Å². The van der Waals surface area contributed by atoms with Gasteiger partial charge in [-0.05, 0) is 52.2 Å². The highest BCUT2D eigenvalue weighted by molar-refractivity contribution is 5.91. The van der Waals surface area contributed by atoms with Gasteiger partial charge in [-0.15, -0.1) is 0 Å². The Hall–Kier alpha value is -2.15. The molecule has 132 valence electrons. The maximum atomic E-state index is 12.2. The molecule has 24 heavy (non-hydrogen) atoms. The zero-order valence-electron chi connectivity index (χ0n) is 14.3. The zero-order valence-corrected chi connectivity index (χ0v) is 14.3. The Bertz CT molecular complexity index is 603. The van der Waals surface area contributed by atoms with E-state index in [9.17, 15) is 14.9 Å². The Kier molecular flexibility index (Phi) is 5.77. The van der Waals surface area contributed by atoms with Crippen LogP contribution in [-0.2, 0) is 9.47 Å². The summed E-state index contributed by atoms with van der Waals surface area (Å²) in [5.74, 6) is -0.505. The first-order chi connectivity index (χ1) is 11.3. The summed E-state index contributed by atoms with van der Waals surface area (Å²) in [5, 5.41) is 14.2. The van der Waals surface area contributed by atoms with E-state index in [-0.39, 0.29) is 17.4 Å². The van der Waals surface area contributed by atoms with Gasteiger partial charge in [0.05, 0.1) is 16.6 Å². The van der Waals surface area contributed by atoms with E-state index in [1.54, 1.807) is 20.8 Å². The number of carbonyl (C=O) groups is 1. The summed E-state index contributed by atoms with van der Waals surface area (Å²) in [6.45, 7) is 6.51. The molecule has 7 nitrogen and oxygen atoms in total. The van der Waals surface area contributed by atoms with Crippen molar-refractivity contribution in [2.24, 2.45) is 0 Å². The standard InChI is InChI=1S/C17H24N2O5/c1-17(2,3)24-16(20)12-7-8-15(19(21)22)14(10-12)18-11-13-6-4-5-9-23-13/h7-8,10,13,18H,4-6,9,11H2,1-3H3/t13-/m0/s1. The molecule has 0 saturated carbocycles. The number of nitrogens with one attached hydrogen (secondary N) is 1. The molecule has 0 aliphatic carbocycles. The summed E-state index contributed by atoms with van der Waals surface area (Å²) in [5.41, 5.74) is -0.110. The van der Waals surface area contributed by atoms with Crippen LogP contribution < -0.4 is 5.32 Å². The molecule has 1 N–H and O–H groups in total. The number of nitrogens with zero attached hydrogens (tertiary/aromatic N) is 1. The Morgan fingerprint density at radius 3 is 2.75 bits per heavy atom. The van der Waals surface area contributed by atoms with Crippen LogP contribution in [0.3, 0.4) is 0 Å². The zero-order chi connectivity index (χ0) is 17.7. The highest BCUT2D eigenvalue weighted by atomic mass is 16.6. The molecular weight excluding hydrogens is 312 g/mol. The molecule has 0 unspecified atom stereocenters. The fourth-order valence-electron chi connectivity index (χ4n) is 2.49. The van der Waals surface area contributed by atoms with Crippen molar-refractivity contribution in [3.8, 4) is 0 Å². The van der Waals surface area contributed by atoms with Crippen molar-refractivity contribution in [1.29, 1.82) is 0 Å². The van der Waals surface area contributed by atoms with Gasteiger partial charge in [-0.25, -0.2) is 4.79 Å². The van der Waals surface area contributed by atoms with Crippen LogP contribution in [0.4, 0.5) is 11.4 Å². The second-order valence-electron chi connectivity index (χ2n) is 6.86. The highest BCUT2D eigenvalue weighted by Crippen LogP contribution is 2.27. The highest BCUT2D eigenvalue weighted by Gasteiger charge is 2.22. The number of anilines is 1. The quantitative estimate of drug-likeness (QED) is 0.502. The summed E-state index contributed by atoms with van der Waals surface area (Å²) in [4.78, 5) is 22.9. The van der Waals surface area contributed by atoms with Crippen LogP contribution in [0.25, 0.3) is 0 Å². The van der Waals surface area contributed by atoms with E-state index in [0.29, 0.717) is 18.8 Å². The SMILES string of the molecule is CC(C)(C)OC(=O)c1ccc([N+](=O)[O-])c(NC[C@@H]2CCCCO2)c1. The lowest BCUT2D eigenvalue weighted by Crippen LogP contribution is -2.27. The molecule has 1 aliphatic rings. The maximum Gasteiger partial charge on any atom is 0.338 e. The third-order valence-electron chi connectivity index (χ3n) is 3.62. The largest absolute Gasteiger partial charge is 0.456 e. The minimum absolute atomic E-state index is 0.0311. The fraction of sp³-hybridized carbons (Fsp3) is 0.588. The van der Waals surface area contributed by atoms with Crippen LogP contribution in [0.15, 0.2) is 18.2 Å². The van der Waals surface area contributed by atoms with E-state index in [0.717, 1.165) is 19.3 Å². The number of ether oxygens (including phenoxy) is 2. The smallest absolute Gasteiger partial charge is 0.338 e. The molecule has 7 heteroatoms. The van der Waals surface area contributed by atoms with E-state index in [2.05, 4.69) is 5.32 Å². The molecule has 1 fully saturated rings. The number of rotatable bonds is 5. The van der Waals surface area contributed by atoms with E-state index >= 15 is 0 Å². The third-order valence-corrected chi connectivity index (χ3v) is 3.62. The van der Waals surface area contributed by atoms with Gasteiger partial charge in [-0.3, -0.25) is 10.1 Å². The minimum atomic E-state index is -0.623. The molecule has 0 spiro atoms. The molecule has 1 aromatic carbocycles. The molecule has 0 bridgehead atoms. The topological polar surface area (TPSA) is 90.7 Å². The van der Waals surface area contributed by atoms with Crippen LogP contribution in [0.1, 0.15) is 50.4 Å². The van der Waals surface area contributed by atoms with Crippen molar-refractivity contribution < 1.29 is 19.2 Å². The molecular formula is C17H24N2O5. The van der Waals surface area contributed by atoms with Crippen LogP contribution in [0.5, 0.6) is 0 Å². The molecule has 1 atom stereocenters. The van der Waals surface area contributed by atoms with Gasteiger partial charge in [0.1, 0.15) is 11.3 Å². The average molecular weight is 336 g/mol. The Balaban J connectivity index is 2.14. The van der Waals surface area contributed by atoms with Gasteiger partial charge < -0.3 is 14.8 Å². The van der Waals surface area contributed by atoms with Gasteiger partial charge in [0, 0.05) is 19.2 Å². The average Bonchev–Trinajstić information content (AvgIpc) is 2.52. The predicted octanol–water partition coefficient (Wildman–Crippen LogP) is 3.53. The second-order valence-corrected chi connectivity index (χ2v) is 6.86. The lowest BCUT2D eigenvalue weighted by Gasteiger charge is -2.23. The fourth-order valence-corrected chi connectivity index (χ4v) is 2.49. The number of hydrogen-bond acceptors (Lipinski definition) is 6. The monoisotopic (exact) mass is 336 g/mol. The van der Waals surface area contributed by atoms with Crippen molar-refractivity contribution in [3.63, 3.8) is 0 Å². The Morgan fingerprint density at radius 2 is 2.17 bits per heavy atom. The van der Waals surface area contributed by atoms with Crippen LogP contribution >= 0.6 is 0 Å². The maximum absolute atomic E-state index is 12.2. The number of hydrogen-bond donors (Lipinski definition) is 1. The van der Waals surface area contributed by atoms with Gasteiger partial charge >= 0.3 is 5.97 Å². The van der Waals surface area contributed by atoms with Crippen molar-refractivity contribution in [3.05, 3.63) is 33.9 Å². The van der Waals surface area contributed by atoms with E-state index in [4.69, 9.17) is 9.47 Å². The third kappa shape index (κ3) is 5.19. The van der Waals surface area contributed by atoms with Crippen LogP contribution in [0.2, 0.25) is 0 Å². The van der Waals surface area contributed by atoms with Gasteiger partial charge in [-0.2, -0.15) is 0 Å². The summed E-state index contributed by atoms with van der Waals surface area (Å²) in [6.07, 6.45) is 3.09. The molecule has 0 amide bonds. The van der Waals surface area contributed by atoms with E-state index in [1.807, 2.05) is 0 Å². The summed E-state index contributed by atoms with van der Waals surface area (Å²) < 4.78 is 10.9. The normalized spacial score (nSPS) is 18.0. The lowest BCUT2D eigenvalue weighted by molar-refractivity contribution is -0.384. The molecule has 1 heterocycles. The number of carbonyl (C=O) groups excluding carboxylic acids is 1. The first-order valence-electron chi connectivity index (χ1n) is 8.13. The number of nitro groups is 1. The predicted molar refractivity (Wildman–Crippen MR) is 90.3 cm³/mol. The molecule has 1 aliphatic heterocycles.